The smallest absolute Gasteiger partial charge is 0.201 e. The molecule has 2 N–H and O–H groups in total. The summed E-state index contributed by atoms with van der Waals surface area (Å²) in [4.78, 5) is 6.65. The number of fused-ring (bicyclic) bond motifs is 1. The molecule has 21 heavy (non-hydrogen) atoms. The fraction of sp³-hybridized carbons (Fsp3) is 0.235. The van der Waals surface area contributed by atoms with Crippen molar-refractivity contribution in [2.45, 2.75) is 25.8 Å². The first-order chi connectivity index (χ1) is 10.1. The predicted molar refractivity (Wildman–Crippen MR) is 89.4 cm³/mol. The van der Waals surface area contributed by atoms with Gasteiger partial charge in [-0.15, -0.1) is 0 Å². The van der Waals surface area contributed by atoms with E-state index in [1.54, 1.807) is 0 Å². The van der Waals surface area contributed by atoms with E-state index < -0.39 is 0 Å². The molecule has 2 aromatic rings. The molecule has 0 amide bonds. The lowest BCUT2D eigenvalue weighted by Crippen LogP contribution is -2.46. The maximum absolute atomic E-state index is 6.27. The Bertz CT molecular complexity index is 664. The van der Waals surface area contributed by atoms with Gasteiger partial charge in [-0.1, -0.05) is 29.8 Å². The number of anilines is 1. The summed E-state index contributed by atoms with van der Waals surface area (Å²) >= 11 is 5.90. The van der Waals surface area contributed by atoms with Crippen LogP contribution in [0.3, 0.4) is 0 Å². The molecular weight excluding hydrogens is 282 g/mol. The Morgan fingerprint density at radius 3 is 2.67 bits per heavy atom. The number of aliphatic imine (C=N–C) groups is 1. The Labute approximate surface area is 130 Å². The van der Waals surface area contributed by atoms with Gasteiger partial charge in [0.15, 0.2) is 0 Å². The van der Waals surface area contributed by atoms with E-state index in [1.807, 2.05) is 30.3 Å². The molecule has 0 aromatic heterocycles. The molecule has 1 aliphatic rings. The zero-order valence-corrected chi connectivity index (χ0v) is 12.7. The molecule has 108 valence electrons. The van der Waals surface area contributed by atoms with Crippen LogP contribution in [-0.4, -0.2) is 12.0 Å². The number of guanidine groups is 1. The minimum atomic E-state index is 0.343. The standard InChI is InChI=1S/C17H18ClN3/c1-12-6-7-13-4-2-3-5-16(13)21(12)17(19)20-15-10-8-14(18)9-11-15/h2-5,8-12H,6-7H2,1H3,(H2,19,20)/t12-/m1/s1. The van der Waals surface area contributed by atoms with Crippen LogP contribution in [0.5, 0.6) is 0 Å². The Balaban J connectivity index is 1.96. The summed E-state index contributed by atoms with van der Waals surface area (Å²) in [6.45, 7) is 2.18. The minimum Gasteiger partial charge on any atom is -0.369 e. The van der Waals surface area contributed by atoms with Crippen LogP contribution in [0.2, 0.25) is 5.02 Å². The van der Waals surface area contributed by atoms with Gasteiger partial charge < -0.3 is 10.6 Å². The van der Waals surface area contributed by atoms with E-state index in [1.165, 1.54) is 5.56 Å². The van der Waals surface area contributed by atoms with Gasteiger partial charge in [-0.25, -0.2) is 4.99 Å². The van der Waals surface area contributed by atoms with Crippen LogP contribution in [0.15, 0.2) is 53.5 Å². The highest BCUT2D eigenvalue weighted by Crippen LogP contribution is 2.30. The second-order valence-corrected chi connectivity index (χ2v) is 5.77. The number of benzene rings is 2. The fourth-order valence-corrected chi connectivity index (χ4v) is 2.87. The molecule has 2 aromatic carbocycles. The van der Waals surface area contributed by atoms with Crippen molar-refractivity contribution in [3.8, 4) is 0 Å². The third-order valence-electron chi connectivity index (χ3n) is 3.84. The topological polar surface area (TPSA) is 41.6 Å². The first-order valence-electron chi connectivity index (χ1n) is 7.12. The van der Waals surface area contributed by atoms with Crippen molar-refractivity contribution in [1.82, 2.24) is 0 Å². The van der Waals surface area contributed by atoms with Crippen LogP contribution in [-0.2, 0) is 6.42 Å². The lowest BCUT2D eigenvalue weighted by atomic mass is 9.97. The fourth-order valence-electron chi connectivity index (χ4n) is 2.74. The van der Waals surface area contributed by atoms with Crippen molar-refractivity contribution < 1.29 is 0 Å². The van der Waals surface area contributed by atoms with Crippen LogP contribution in [0, 0.1) is 0 Å². The van der Waals surface area contributed by atoms with E-state index in [4.69, 9.17) is 17.3 Å². The van der Waals surface area contributed by atoms with Crippen LogP contribution < -0.4 is 10.6 Å². The average Bonchev–Trinajstić information content (AvgIpc) is 2.49. The normalized spacial score (nSPS) is 18.5. The van der Waals surface area contributed by atoms with Crippen molar-refractivity contribution in [1.29, 1.82) is 0 Å². The maximum Gasteiger partial charge on any atom is 0.201 e. The predicted octanol–water partition coefficient (Wildman–Crippen LogP) is 4.13. The van der Waals surface area contributed by atoms with E-state index in [9.17, 15) is 0 Å². The number of hydrogen-bond acceptors (Lipinski definition) is 1. The van der Waals surface area contributed by atoms with E-state index in [2.05, 4.69) is 35.0 Å². The van der Waals surface area contributed by atoms with Crippen molar-refractivity contribution in [2.24, 2.45) is 10.7 Å². The van der Waals surface area contributed by atoms with Gasteiger partial charge in [0.25, 0.3) is 0 Å². The highest BCUT2D eigenvalue weighted by molar-refractivity contribution is 6.30. The summed E-state index contributed by atoms with van der Waals surface area (Å²) in [6.07, 6.45) is 2.16. The summed E-state index contributed by atoms with van der Waals surface area (Å²) in [5.74, 6) is 0.525. The SMILES string of the molecule is C[C@@H]1CCc2ccccc2N1C(N)=Nc1ccc(Cl)cc1. The molecule has 1 heterocycles. The summed E-state index contributed by atoms with van der Waals surface area (Å²) in [5, 5.41) is 0.698. The summed E-state index contributed by atoms with van der Waals surface area (Å²) in [5.41, 5.74) is 9.56. The molecule has 4 heteroatoms. The third kappa shape index (κ3) is 2.88. The third-order valence-corrected chi connectivity index (χ3v) is 4.09. The maximum atomic E-state index is 6.27. The Morgan fingerprint density at radius 2 is 1.90 bits per heavy atom. The first-order valence-corrected chi connectivity index (χ1v) is 7.50. The number of rotatable bonds is 1. The molecule has 0 saturated heterocycles. The monoisotopic (exact) mass is 299 g/mol. The molecule has 1 aliphatic heterocycles. The lowest BCUT2D eigenvalue weighted by molar-refractivity contribution is 0.626. The molecule has 0 spiro atoms. The summed E-state index contributed by atoms with van der Waals surface area (Å²) < 4.78 is 0. The number of nitrogens with zero attached hydrogens (tertiary/aromatic N) is 2. The quantitative estimate of drug-likeness (QED) is 0.635. The molecule has 0 fully saturated rings. The zero-order chi connectivity index (χ0) is 14.8. The largest absolute Gasteiger partial charge is 0.369 e. The van der Waals surface area contributed by atoms with E-state index in [-0.39, 0.29) is 0 Å². The van der Waals surface area contributed by atoms with Crippen LogP contribution in [0.4, 0.5) is 11.4 Å². The summed E-state index contributed by atoms with van der Waals surface area (Å²) in [7, 11) is 0. The Hall–Kier alpha value is -2.00. The molecule has 3 nitrogen and oxygen atoms in total. The second-order valence-electron chi connectivity index (χ2n) is 5.33. The van der Waals surface area contributed by atoms with Gasteiger partial charge in [0.2, 0.25) is 5.96 Å². The van der Waals surface area contributed by atoms with Crippen molar-refractivity contribution in [3.63, 3.8) is 0 Å². The molecule has 0 unspecified atom stereocenters. The molecule has 0 radical (unpaired) electrons. The number of hydrogen-bond donors (Lipinski definition) is 1. The van der Waals surface area contributed by atoms with Gasteiger partial charge in [0, 0.05) is 16.8 Å². The first kappa shape index (κ1) is 14.0. The van der Waals surface area contributed by atoms with E-state index in [0.29, 0.717) is 17.0 Å². The van der Waals surface area contributed by atoms with Gasteiger partial charge >= 0.3 is 0 Å². The van der Waals surface area contributed by atoms with Gasteiger partial charge in [0.1, 0.15) is 0 Å². The molecule has 0 aliphatic carbocycles. The second kappa shape index (κ2) is 5.78. The molecule has 0 bridgehead atoms. The van der Waals surface area contributed by atoms with Crippen molar-refractivity contribution in [3.05, 3.63) is 59.1 Å². The van der Waals surface area contributed by atoms with Gasteiger partial charge in [-0.05, 0) is 55.7 Å². The van der Waals surface area contributed by atoms with E-state index in [0.717, 1.165) is 24.2 Å². The van der Waals surface area contributed by atoms with Gasteiger partial charge in [-0.3, -0.25) is 0 Å². The number of nitrogens with two attached hydrogens (primary N) is 1. The molecule has 0 saturated carbocycles. The van der Waals surface area contributed by atoms with E-state index >= 15 is 0 Å². The van der Waals surface area contributed by atoms with Crippen LogP contribution >= 0.6 is 11.6 Å². The Kier molecular flexibility index (Phi) is 3.84. The van der Waals surface area contributed by atoms with Crippen LogP contribution in [0.25, 0.3) is 0 Å². The molecular formula is C17H18ClN3. The Morgan fingerprint density at radius 1 is 1.19 bits per heavy atom. The molecule has 3 rings (SSSR count). The minimum absolute atomic E-state index is 0.343. The average molecular weight is 300 g/mol. The zero-order valence-electron chi connectivity index (χ0n) is 12.0. The highest BCUT2D eigenvalue weighted by Gasteiger charge is 2.25. The lowest BCUT2D eigenvalue weighted by Gasteiger charge is -2.36. The van der Waals surface area contributed by atoms with Gasteiger partial charge in [-0.2, -0.15) is 0 Å². The summed E-state index contributed by atoms with van der Waals surface area (Å²) in [6, 6.07) is 16.1. The van der Waals surface area contributed by atoms with Crippen LogP contribution in [0.1, 0.15) is 18.9 Å². The number of para-hydroxylation sites is 1. The van der Waals surface area contributed by atoms with Crippen molar-refractivity contribution in [2.75, 3.05) is 4.90 Å². The van der Waals surface area contributed by atoms with Crippen molar-refractivity contribution >= 4 is 28.9 Å². The highest BCUT2D eigenvalue weighted by atomic mass is 35.5. The number of halogens is 1. The number of aryl methyl sites for hydroxylation is 1. The van der Waals surface area contributed by atoms with Gasteiger partial charge in [0.05, 0.1) is 5.69 Å². The molecule has 1 atom stereocenters.